The van der Waals surface area contributed by atoms with Gasteiger partial charge in [0.05, 0.1) is 0 Å². The van der Waals surface area contributed by atoms with E-state index in [1.165, 1.54) is 4.90 Å². The lowest BCUT2D eigenvalue weighted by atomic mass is 10.0. The molecule has 68 valence electrons. The van der Waals surface area contributed by atoms with Gasteiger partial charge in [-0.05, 0) is 26.2 Å². The van der Waals surface area contributed by atoms with Crippen LogP contribution < -0.4 is 0 Å². The quantitative estimate of drug-likeness (QED) is 0.643. The van der Waals surface area contributed by atoms with Crippen molar-refractivity contribution >= 4 is 6.09 Å². The summed E-state index contributed by atoms with van der Waals surface area (Å²) < 4.78 is 0. The number of rotatable bonds is 2. The summed E-state index contributed by atoms with van der Waals surface area (Å²) in [6.45, 7) is 2.47. The highest BCUT2D eigenvalue weighted by Crippen LogP contribution is 2.16. The van der Waals surface area contributed by atoms with Gasteiger partial charge in [0.25, 0.3) is 0 Å². The maximum atomic E-state index is 10.7. The Labute approximate surface area is 72.7 Å². The summed E-state index contributed by atoms with van der Waals surface area (Å²) in [5, 5.41) is 8.83. The molecule has 1 aliphatic carbocycles. The zero-order valence-corrected chi connectivity index (χ0v) is 7.36. The molecular formula is C9H15NO2. The van der Waals surface area contributed by atoms with Crippen LogP contribution in [0.15, 0.2) is 12.2 Å². The summed E-state index contributed by atoms with van der Waals surface area (Å²) in [5.41, 5.74) is 0. The van der Waals surface area contributed by atoms with Crippen LogP contribution in [0.25, 0.3) is 0 Å². The molecule has 0 fully saturated rings. The van der Waals surface area contributed by atoms with Crippen LogP contribution in [0.5, 0.6) is 0 Å². The molecule has 1 rings (SSSR count). The minimum Gasteiger partial charge on any atom is -0.465 e. The predicted molar refractivity (Wildman–Crippen MR) is 47.2 cm³/mol. The minimum atomic E-state index is -0.794. The molecule has 1 N–H and O–H groups in total. The van der Waals surface area contributed by atoms with Gasteiger partial charge in [-0.1, -0.05) is 12.2 Å². The van der Waals surface area contributed by atoms with Crippen molar-refractivity contribution in [3.05, 3.63) is 12.2 Å². The highest BCUT2D eigenvalue weighted by Gasteiger charge is 2.20. The van der Waals surface area contributed by atoms with E-state index >= 15 is 0 Å². The number of hydrogen-bond acceptors (Lipinski definition) is 1. The number of carboxylic acid groups (broad SMARTS) is 1. The molecule has 3 nitrogen and oxygen atoms in total. The Morgan fingerprint density at radius 2 is 2.42 bits per heavy atom. The fourth-order valence-corrected chi connectivity index (χ4v) is 1.61. The van der Waals surface area contributed by atoms with Gasteiger partial charge >= 0.3 is 6.09 Å². The van der Waals surface area contributed by atoms with Gasteiger partial charge in [0.2, 0.25) is 0 Å². The van der Waals surface area contributed by atoms with Crippen molar-refractivity contribution < 1.29 is 9.90 Å². The molecule has 0 aromatic heterocycles. The van der Waals surface area contributed by atoms with Gasteiger partial charge in [-0.3, -0.25) is 0 Å². The second-order valence-electron chi connectivity index (χ2n) is 3.01. The number of hydrogen-bond donors (Lipinski definition) is 1. The summed E-state index contributed by atoms with van der Waals surface area (Å²) in [5.74, 6) is 0. The van der Waals surface area contributed by atoms with E-state index in [0.29, 0.717) is 6.54 Å². The molecule has 0 saturated carbocycles. The van der Waals surface area contributed by atoms with Crippen molar-refractivity contribution in [3.8, 4) is 0 Å². The van der Waals surface area contributed by atoms with Gasteiger partial charge in [-0.25, -0.2) is 4.79 Å². The Morgan fingerprint density at radius 1 is 1.67 bits per heavy atom. The third-order valence-corrected chi connectivity index (χ3v) is 2.27. The molecule has 0 saturated heterocycles. The van der Waals surface area contributed by atoms with E-state index in [1.54, 1.807) is 0 Å². The molecule has 0 aromatic rings. The van der Waals surface area contributed by atoms with Crippen LogP contribution in [0.2, 0.25) is 0 Å². The first-order valence-corrected chi connectivity index (χ1v) is 4.40. The minimum absolute atomic E-state index is 0.206. The van der Waals surface area contributed by atoms with E-state index in [-0.39, 0.29) is 6.04 Å². The first-order valence-electron chi connectivity index (χ1n) is 4.40. The smallest absolute Gasteiger partial charge is 0.407 e. The van der Waals surface area contributed by atoms with E-state index in [0.717, 1.165) is 19.3 Å². The average Bonchev–Trinajstić information content (AvgIpc) is 2.07. The summed E-state index contributed by atoms with van der Waals surface area (Å²) >= 11 is 0. The zero-order chi connectivity index (χ0) is 8.97. The van der Waals surface area contributed by atoms with Crippen LogP contribution in [-0.4, -0.2) is 28.7 Å². The molecule has 1 atom stereocenters. The van der Waals surface area contributed by atoms with Crippen LogP contribution in [0, 0.1) is 0 Å². The summed E-state index contributed by atoms with van der Waals surface area (Å²) in [6.07, 6.45) is 6.25. The normalized spacial score (nSPS) is 22.2. The number of carbonyl (C=O) groups is 1. The third kappa shape index (κ3) is 2.00. The van der Waals surface area contributed by atoms with Crippen LogP contribution in [0.4, 0.5) is 4.79 Å². The highest BCUT2D eigenvalue weighted by molar-refractivity contribution is 5.65. The Morgan fingerprint density at radius 3 is 2.83 bits per heavy atom. The van der Waals surface area contributed by atoms with Crippen molar-refractivity contribution in [2.45, 2.75) is 32.2 Å². The SMILES string of the molecule is CCN(C(=O)O)C1CC=CCC1. The molecular weight excluding hydrogens is 154 g/mol. The third-order valence-electron chi connectivity index (χ3n) is 2.27. The van der Waals surface area contributed by atoms with Crippen LogP contribution in [0.1, 0.15) is 26.2 Å². The fourth-order valence-electron chi connectivity index (χ4n) is 1.61. The van der Waals surface area contributed by atoms with Gasteiger partial charge < -0.3 is 10.0 Å². The molecule has 1 aliphatic rings. The molecule has 0 bridgehead atoms. The van der Waals surface area contributed by atoms with Crippen LogP contribution >= 0.6 is 0 Å². The largest absolute Gasteiger partial charge is 0.465 e. The monoisotopic (exact) mass is 169 g/mol. The van der Waals surface area contributed by atoms with Crippen LogP contribution in [0.3, 0.4) is 0 Å². The van der Waals surface area contributed by atoms with Gasteiger partial charge in [0, 0.05) is 12.6 Å². The standard InChI is InChI=1S/C9H15NO2/c1-2-10(9(11)12)8-6-4-3-5-7-8/h3-4,8H,2,5-7H2,1H3,(H,11,12). The number of allylic oxidation sites excluding steroid dienone is 1. The summed E-state index contributed by atoms with van der Waals surface area (Å²) in [6, 6.07) is 0.206. The molecule has 3 heteroatoms. The van der Waals surface area contributed by atoms with Crippen LogP contribution in [-0.2, 0) is 0 Å². The van der Waals surface area contributed by atoms with Crippen molar-refractivity contribution in [2.75, 3.05) is 6.54 Å². The van der Waals surface area contributed by atoms with E-state index in [2.05, 4.69) is 12.2 Å². The van der Waals surface area contributed by atoms with E-state index in [4.69, 9.17) is 5.11 Å². The topological polar surface area (TPSA) is 40.5 Å². The summed E-state index contributed by atoms with van der Waals surface area (Å²) in [7, 11) is 0. The van der Waals surface area contributed by atoms with Gasteiger partial charge in [0.15, 0.2) is 0 Å². The zero-order valence-electron chi connectivity index (χ0n) is 7.36. The molecule has 0 spiro atoms. The predicted octanol–water partition coefficient (Wildman–Crippen LogP) is 2.09. The van der Waals surface area contributed by atoms with Crippen molar-refractivity contribution in [1.29, 1.82) is 0 Å². The van der Waals surface area contributed by atoms with Gasteiger partial charge in [0.1, 0.15) is 0 Å². The number of amides is 1. The lowest BCUT2D eigenvalue weighted by Crippen LogP contribution is -2.39. The van der Waals surface area contributed by atoms with E-state index in [9.17, 15) is 4.79 Å². The Balaban J connectivity index is 2.53. The molecule has 0 aromatic carbocycles. The lowest BCUT2D eigenvalue weighted by Gasteiger charge is -2.28. The average molecular weight is 169 g/mol. The van der Waals surface area contributed by atoms with E-state index < -0.39 is 6.09 Å². The highest BCUT2D eigenvalue weighted by atomic mass is 16.4. The molecule has 0 radical (unpaired) electrons. The molecule has 12 heavy (non-hydrogen) atoms. The van der Waals surface area contributed by atoms with Crippen molar-refractivity contribution in [2.24, 2.45) is 0 Å². The van der Waals surface area contributed by atoms with Crippen molar-refractivity contribution in [3.63, 3.8) is 0 Å². The molecule has 0 heterocycles. The maximum absolute atomic E-state index is 10.7. The fraction of sp³-hybridized carbons (Fsp3) is 0.667. The van der Waals surface area contributed by atoms with E-state index in [1.807, 2.05) is 6.92 Å². The number of nitrogens with zero attached hydrogens (tertiary/aromatic N) is 1. The first-order chi connectivity index (χ1) is 5.75. The molecule has 1 amide bonds. The summed E-state index contributed by atoms with van der Waals surface area (Å²) in [4.78, 5) is 12.2. The molecule has 1 unspecified atom stereocenters. The second-order valence-corrected chi connectivity index (χ2v) is 3.01. The van der Waals surface area contributed by atoms with Gasteiger partial charge in [-0.2, -0.15) is 0 Å². The Kier molecular flexibility index (Phi) is 3.14. The molecule has 0 aliphatic heterocycles. The first kappa shape index (κ1) is 9.10. The van der Waals surface area contributed by atoms with Crippen molar-refractivity contribution in [1.82, 2.24) is 4.90 Å². The maximum Gasteiger partial charge on any atom is 0.407 e. The van der Waals surface area contributed by atoms with Gasteiger partial charge in [-0.15, -0.1) is 0 Å². The Bertz CT molecular complexity index is 189. The Hall–Kier alpha value is -0.990. The second kappa shape index (κ2) is 4.14. The lowest BCUT2D eigenvalue weighted by molar-refractivity contribution is 0.124.